The number of imidazole rings is 1. The molecule has 2 rings (SSSR count). The molecule has 7 nitrogen and oxygen atoms in total. The number of aromatic nitrogens is 2. The average Bonchev–Trinajstić information content (AvgIpc) is 2.86. The third kappa shape index (κ3) is 2.43. The van der Waals surface area contributed by atoms with Gasteiger partial charge in [-0.15, -0.1) is 0 Å². The van der Waals surface area contributed by atoms with Gasteiger partial charge in [0.15, 0.2) is 0 Å². The van der Waals surface area contributed by atoms with Crippen LogP contribution in [0.1, 0.15) is 11.4 Å². The van der Waals surface area contributed by atoms with Crippen LogP contribution in [-0.4, -0.2) is 21.0 Å². The molecule has 0 unspecified atom stereocenters. The van der Waals surface area contributed by atoms with Gasteiger partial charge >= 0.3 is 0 Å². The topological polar surface area (TPSA) is 111 Å². The zero-order valence-electron chi connectivity index (χ0n) is 9.98. The number of hydrogen-bond acceptors (Lipinski definition) is 5. The predicted octanol–water partition coefficient (Wildman–Crippen LogP) is 1.15. The minimum atomic E-state index is -0.528. The Kier molecular flexibility index (Phi) is 3.54. The van der Waals surface area contributed by atoms with Crippen LogP contribution in [0.5, 0.6) is 0 Å². The van der Waals surface area contributed by atoms with Gasteiger partial charge in [-0.25, -0.2) is 4.98 Å². The van der Waals surface area contributed by atoms with Crippen molar-refractivity contribution in [1.29, 1.82) is 5.26 Å². The highest BCUT2D eigenvalue weighted by molar-refractivity contribution is 5.54. The molecule has 0 saturated carbocycles. The molecule has 19 heavy (non-hydrogen) atoms. The van der Waals surface area contributed by atoms with Crippen LogP contribution in [0.2, 0.25) is 0 Å². The molecule has 0 bridgehead atoms. The second-order valence-electron chi connectivity index (χ2n) is 3.82. The van der Waals surface area contributed by atoms with Crippen LogP contribution in [0.25, 0.3) is 5.69 Å². The summed E-state index contributed by atoms with van der Waals surface area (Å²) in [6, 6.07) is 6.12. The van der Waals surface area contributed by atoms with E-state index in [2.05, 4.69) is 4.98 Å². The molecule has 96 valence electrons. The molecule has 0 atom stereocenters. The first kappa shape index (κ1) is 12.7. The fourth-order valence-electron chi connectivity index (χ4n) is 1.80. The molecule has 0 fully saturated rings. The predicted molar refractivity (Wildman–Crippen MR) is 67.7 cm³/mol. The normalized spacial score (nSPS) is 10.1. The summed E-state index contributed by atoms with van der Waals surface area (Å²) in [6.07, 6.45) is 3.87. The second-order valence-corrected chi connectivity index (χ2v) is 3.82. The third-order valence-electron chi connectivity index (χ3n) is 2.66. The number of nitriles is 1. The molecule has 0 amide bonds. The number of benzene rings is 1. The molecule has 1 heterocycles. The van der Waals surface area contributed by atoms with Crippen molar-refractivity contribution in [3.8, 4) is 11.8 Å². The van der Waals surface area contributed by atoms with E-state index < -0.39 is 4.92 Å². The van der Waals surface area contributed by atoms with Crippen molar-refractivity contribution >= 4 is 5.69 Å². The number of nitrogens with two attached hydrogens (primary N) is 1. The molecule has 0 aliphatic heterocycles. The highest BCUT2D eigenvalue weighted by Gasteiger charge is 2.13. The van der Waals surface area contributed by atoms with Gasteiger partial charge in [-0.2, -0.15) is 5.26 Å². The lowest BCUT2D eigenvalue weighted by atomic mass is 10.1. The van der Waals surface area contributed by atoms with Crippen LogP contribution in [0.4, 0.5) is 5.69 Å². The first-order valence-corrected chi connectivity index (χ1v) is 5.58. The highest BCUT2D eigenvalue weighted by atomic mass is 16.6. The Morgan fingerprint density at radius 1 is 1.53 bits per heavy atom. The van der Waals surface area contributed by atoms with Crippen LogP contribution in [0, 0.1) is 21.4 Å². The van der Waals surface area contributed by atoms with Gasteiger partial charge in [0.25, 0.3) is 5.69 Å². The molecule has 0 saturated heterocycles. The largest absolute Gasteiger partial charge is 0.330 e. The Morgan fingerprint density at radius 2 is 2.32 bits per heavy atom. The summed E-state index contributed by atoms with van der Waals surface area (Å²) < 4.78 is 1.72. The molecule has 2 N–H and O–H groups in total. The van der Waals surface area contributed by atoms with Gasteiger partial charge in [-0.05, 0) is 12.6 Å². The highest BCUT2D eigenvalue weighted by Crippen LogP contribution is 2.21. The van der Waals surface area contributed by atoms with Crippen molar-refractivity contribution in [3.05, 3.63) is 52.1 Å². The molecule has 1 aromatic heterocycles. The maximum Gasteiger partial charge on any atom is 0.270 e. The second kappa shape index (κ2) is 5.29. The van der Waals surface area contributed by atoms with Crippen LogP contribution in [0.15, 0.2) is 30.6 Å². The van der Waals surface area contributed by atoms with Crippen molar-refractivity contribution in [3.63, 3.8) is 0 Å². The Balaban J connectivity index is 2.53. The standard InChI is InChI=1S/C12H11N5O2/c13-4-3-12-15-5-6-16(12)11-2-1-10(17(18)19)7-9(11)8-14/h1-2,5-7H,3-4,13H2. The van der Waals surface area contributed by atoms with Crippen molar-refractivity contribution in [2.75, 3.05) is 6.54 Å². The molecule has 0 aliphatic rings. The third-order valence-corrected chi connectivity index (χ3v) is 2.66. The summed E-state index contributed by atoms with van der Waals surface area (Å²) in [6.45, 7) is 0.436. The van der Waals surface area contributed by atoms with Gasteiger partial charge in [-0.1, -0.05) is 0 Å². The zero-order chi connectivity index (χ0) is 13.8. The molecule has 1 aromatic carbocycles. The fraction of sp³-hybridized carbons (Fsp3) is 0.167. The van der Waals surface area contributed by atoms with E-state index in [1.54, 1.807) is 23.0 Å². The molecule has 0 spiro atoms. The quantitative estimate of drug-likeness (QED) is 0.652. The Bertz CT molecular complexity index is 656. The number of rotatable bonds is 4. The maximum atomic E-state index is 10.7. The van der Waals surface area contributed by atoms with Gasteiger partial charge in [0.05, 0.1) is 16.2 Å². The lowest BCUT2D eigenvalue weighted by molar-refractivity contribution is -0.384. The van der Waals surface area contributed by atoms with Gasteiger partial charge < -0.3 is 10.3 Å². The smallest absolute Gasteiger partial charge is 0.270 e. The molecule has 2 aromatic rings. The van der Waals surface area contributed by atoms with E-state index in [0.717, 1.165) is 0 Å². The Morgan fingerprint density at radius 3 is 2.95 bits per heavy atom. The van der Waals surface area contributed by atoms with Crippen LogP contribution >= 0.6 is 0 Å². The van der Waals surface area contributed by atoms with E-state index in [-0.39, 0.29) is 11.3 Å². The first-order chi connectivity index (χ1) is 9.17. The zero-order valence-corrected chi connectivity index (χ0v) is 9.98. The van der Waals surface area contributed by atoms with Crippen molar-refractivity contribution < 1.29 is 4.92 Å². The molecule has 0 radical (unpaired) electrons. The Hall–Kier alpha value is -2.72. The fourth-order valence-corrected chi connectivity index (χ4v) is 1.80. The van der Waals surface area contributed by atoms with Gasteiger partial charge in [0.2, 0.25) is 0 Å². The summed E-state index contributed by atoms with van der Waals surface area (Å²) in [5, 5.41) is 19.8. The summed E-state index contributed by atoms with van der Waals surface area (Å²) in [5.41, 5.74) is 6.17. The maximum absolute atomic E-state index is 10.7. The van der Waals surface area contributed by atoms with E-state index >= 15 is 0 Å². The first-order valence-electron chi connectivity index (χ1n) is 5.58. The molecular weight excluding hydrogens is 246 g/mol. The van der Waals surface area contributed by atoms with Gasteiger partial charge in [0, 0.05) is 30.9 Å². The number of nitro groups is 1. The van der Waals surface area contributed by atoms with E-state index in [9.17, 15) is 10.1 Å². The average molecular weight is 257 g/mol. The van der Waals surface area contributed by atoms with Crippen LogP contribution < -0.4 is 5.73 Å². The number of nitrogens with zero attached hydrogens (tertiary/aromatic N) is 4. The van der Waals surface area contributed by atoms with E-state index in [1.807, 2.05) is 6.07 Å². The summed E-state index contributed by atoms with van der Waals surface area (Å²) in [7, 11) is 0. The van der Waals surface area contributed by atoms with E-state index in [1.165, 1.54) is 12.1 Å². The SMILES string of the molecule is N#Cc1cc([N+](=O)[O-])ccc1-n1ccnc1CCN. The number of non-ortho nitro benzene ring substituents is 1. The summed E-state index contributed by atoms with van der Waals surface area (Å²) >= 11 is 0. The van der Waals surface area contributed by atoms with E-state index in [4.69, 9.17) is 11.0 Å². The van der Waals surface area contributed by atoms with Gasteiger partial charge in [0.1, 0.15) is 11.9 Å². The summed E-state index contributed by atoms with van der Waals surface area (Å²) in [4.78, 5) is 14.3. The van der Waals surface area contributed by atoms with Crippen molar-refractivity contribution in [1.82, 2.24) is 9.55 Å². The van der Waals surface area contributed by atoms with Gasteiger partial charge in [-0.3, -0.25) is 10.1 Å². The summed E-state index contributed by atoms with van der Waals surface area (Å²) in [5.74, 6) is 0.716. The molecular formula is C12H11N5O2. The van der Waals surface area contributed by atoms with Crippen LogP contribution in [0.3, 0.4) is 0 Å². The molecule has 0 aliphatic carbocycles. The van der Waals surface area contributed by atoms with E-state index in [0.29, 0.717) is 24.5 Å². The monoisotopic (exact) mass is 257 g/mol. The number of nitro benzene ring substituents is 1. The minimum absolute atomic E-state index is 0.110. The Labute approximate surface area is 109 Å². The van der Waals surface area contributed by atoms with Crippen molar-refractivity contribution in [2.45, 2.75) is 6.42 Å². The lowest BCUT2D eigenvalue weighted by Gasteiger charge is -2.08. The minimum Gasteiger partial charge on any atom is -0.330 e. The number of hydrogen-bond donors (Lipinski definition) is 1. The van der Waals surface area contributed by atoms with Crippen molar-refractivity contribution in [2.24, 2.45) is 5.73 Å². The van der Waals surface area contributed by atoms with Crippen LogP contribution in [-0.2, 0) is 6.42 Å². The molecule has 7 heteroatoms. The lowest BCUT2D eigenvalue weighted by Crippen LogP contribution is -2.09.